The van der Waals surface area contributed by atoms with Gasteiger partial charge in [-0.3, -0.25) is 0 Å². The van der Waals surface area contributed by atoms with Crippen molar-refractivity contribution in [2.45, 2.75) is 12.7 Å². The molecule has 0 saturated carbocycles. The largest absolute Gasteiger partial charge is 0.396 e. The zero-order valence-electron chi connectivity index (χ0n) is 12.7. The number of rotatable bonds is 4. The van der Waals surface area contributed by atoms with Crippen molar-refractivity contribution >= 4 is 23.6 Å². The molecule has 0 saturated heterocycles. The van der Waals surface area contributed by atoms with Crippen LogP contribution in [0.1, 0.15) is 6.92 Å². The highest BCUT2D eigenvalue weighted by Crippen LogP contribution is 2.12. The second-order valence-electron chi connectivity index (χ2n) is 5.58. The van der Waals surface area contributed by atoms with E-state index in [1.807, 2.05) is 25.1 Å². The molecule has 1 atom stereocenters. The maximum absolute atomic E-state index is 10.9. The van der Waals surface area contributed by atoms with Gasteiger partial charge in [-0.05, 0) is 22.5 Å². The van der Waals surface area contributed by atoms with E-state index in [-0.39, 0.29) is 0 Å². The van der Waals surface area contributed by atoms with Gasteiger partial charge in [-0.2, -0.15) is 0 Å². The summed E-state index contributed by atoms with van der Waals surface area (Å²) in [5.74, 6) is 0. The zero-order chi connectivity index (χ0) is 15.4. The van der Waals surface area contributed by atoms with E-state index in [0.29, 0.717) is 0 Å². The van der Waals surface area contributed by atoms with E-state index in [4.69, 9.17) is 0 Å². The van der Waals surface area contributed by atoms with Gasteiger partial charge in [0.15, 0.2) is 8.07 Å². The molecule has 0 spiro atoms. The molecular formula is C20H20OSi. The third kappa shape index (κ3) is 2.41. The van der Waals surface area contributed by atoms with Crippen LogP contribution in [-0.2, 0) is 0 Å². The van der Waals surface area contributed by atoms with Gasteiger partial charge in [-0.15, -0.1) is 0 Å². The minimum atomic E-state index is -2.45. The SMILES string of the molecule is C[C@@H](O)[Si](c1ccccc1)(c1ccccc1)c1ccccc1. The molecule has 1 nitrogen and oxygen atoms in total. The standard InChI is InChI=1S/C20H20OSi/c1-17(21)22(18-11-5-2-6-12-18,19-13-7-3-8-14-19)20-15-9-4-10-16-20/h2-17,21H,1H3/t17-/m0/s1. The fraction of sp³-hybridized carbons (Fsp3) is 0.100. The van der Waals surface area contributed by atoms with Crippen molar-refractivity contribution in [3.8, 4) is 0 Å². The number of hydrogen-bond donors (Lipinski definition) is 1. The molecule has 3 aromatic carbocycles. The fourth-order valence-corrected chi connectivity index (χ4v) is 7.93. The molecule has 1 N–H and O–H groups in total. The third-order valence-electron chi connectivity index (χ3n) is 4.31. The molecule has 0 aliphatic heterocycles. The average molecular weight is 304 g/mol. The van der Waals surface area contributed by atoms with Crippen molar-refractivity contribution in [1.82, 2.24) is 0 Å². The van der Waals surface area contributed by atoms with Crippen LogP contribution in [0, 0.1) is 0 Å². The van der Waals surface area contributed by atoms with E-state index >= 15 is 0 Å². The van der Waals surface area contributed by atoms with Crippen molar-refractivity contribution < 1.29 is 5.11 Å². The van der Waals surface area contributed by atoms with Gasteiger partial charge >= 0.3 is 0 Å². The topological polar surface area (TPSA) is 20.2 Å². The van der Waals surface area contributed by atoms with Gasteiger partial charge in [0, 0.05) is 0 Å². The van der Waals surface area contributed by atoms with Crippen LogP contribution in [0.2, 0.25) is 0 Å². The summed E-state index contributed by atoms with van der Waals surface area (Å²) < 4.78 is 0. The molecule has 3 rings (SSSR count). The molecule has 22 heavy (non-hydrogen) atoms. The molecule has 2 heteroatoms. The molecule has 0 aliphatic rings. The average Bonchev–Trinajstić information content (AvgIpc) is 2.58. The molecule has 0 aliphatic carbocycles. The van der Waals surface area contributed by atoms with Crippen LogP contribution in [0.25, 0.3) is 0 Å². The van der Waals surface area contributed by atoms with E-state index < -0.39 is 13.8 Å². The molecule has 0 fully saturated rings. The minimum absolute atomic E-state index is 0.417. The summed E-state index contributed by atoms with van der Waals surface area (Å²) in [5.41, 5.74) is -0.417. The first-order valence-electron chi connectivity index (χ1n) is 7.61. The molecular weight excluding hydrogens is 284 g/mol. The Balaban J connectivity index is 2.34. The van der Waals surface area contributed by atoms with Gasteiger partial charge in [0.1, 0.15) is 0 Å². The lowest BCUT2D eigenvalue weighted by molar-refractivity contribution is 0.268. The summed E-state index contributed by atoms with van der Waals surface area (Å²) in [5, 5.41) is 14.6. The van der Waals surface area contributed by atoms with Gasteiger partial charge in [0.2, 0.25) is 0 Å². The lowest BCUT2D eigenvalue weighted by Crippen LogP contribution is -2.73. The van der Waals surface area contributed by atoms with E-state index in [1.165, 1.54) is 15.6 Å². The molecule has 0 heterocycles. The molecule has 0 bridgehead atoms. The number of aliphatic hydroxyl groups excluding tert-OH is 1. The highest BCUT2D eigenvalue weighted by molar-refractivity contribution is 7.12. The van der Waals surface area contributed by atoms with Crippen LogP contribution >= 0.6 is 0 Å². The third-order valence-corrected chi connectivity index (χ3v) is 9.30. The molecule has 0 amide bonds. The summed E-state index contributed by atoms with van der Waals surface area (Å²) in [6.07, 6.45) is 0. The van der Waals surface area contributed by atoms with Gasteiger partial charge in [0.25, 0.3) is 0 Å². The van der Waals surface area contributed by atoms with Crippen molar-refractivity contribution in [1.29, 1.82) is 0 Å². The normalized spacial score (nSPS) is 12.8. The summed E-state index contributed by atoms with van der Waals surface area (Å²) in [7, 11) is -2.45. The zero-order valence-corrected chi connectivity index (χ0v) is 13.7. The van der Waals surface area contributed by atoms with Gasteiger partial charge in [0.05, 0.1) is 5.73 Å². The monoisotopic (exact) mass is 304 g/mol. The van der Waals surface area contributed by atoms with E-state index in [2.05, 4.69) is 72.8 Å². The van der Waals surface area contributed by atoms with Gasteiger partial charge in [-0.1, -0.05) is 91.0 Å². The van der Waals surface area contributed by atoms with E-state index in [9.17, 15) is 5.11 Å². The first-order chi connectivity index (χ1) is 10.8. The molecule has 3 aromatic rings. The summed E-state index contributed by atoms with van der Waals surface area (Å²) in [6.45, 7) is 1.93. The lowest BCUT2D eigenvalue weighted by Gasteiger charge is -2.36. The van der Waals surface area contributed by atoms with Crippen LogP contribution < -0.4 is 15.6 Å². The second kappa shape index (κ2) is 6.30. The highest BCUT2D eigenvalue weighted by Gasteiger charge is 2.43. The predicted molar refractivity (Wildman–Crippen MR) is 95.7 cm³/mol. The predicted octanol–water partition coefficient (Wildman–Crippen LogP) is 2.08. The Morgan fingerprint density at radius 2 is 0.864 bits per heavy atom. The molecule has 110 valence electrons. The van der Waals surface area contributed by atoms with Crippen molar-refractivity contribution in [3.63, 3.8) is 0 Å². The van der Waals surface area contributed by atoms with E-state index in [0.717, 1.165) is 0 Å². The Morgan fingerprint density at radius 3 is 1.09 bits per heavy atom. The summed E-state index contributed by atoms with van der Waals surface area (Å²) >= 11 is 0. The number of benzene rings is 3. The minimum Gasteiger partial charge on any atom is -0.396 e. The Kier molecular flexibility index (Phi) is 4.23. The van der Waals surface area contributed by atoms with Crippen LogP contribution in [0.15, 0.2) is 91.0 Å². The summed E-state index contributed by atoms with van der Waals surface area (Å²) in [6, 6.07) is 31.4. The van der Waals surface area contributed by atoms with Crippen LogP contribution in [0.4, 0.5) is 0 Å². The van der Waals surface area contributed by atoms with Crippen LogP contribution in [-0.4, -0.2) is 18.9 Å². The van der Waals surface area contributed by atoms with Crippen LogP contribution in [0.3, 0.4) is 0 Å². The van der Waals surface area contributed by atoms with Crippen molar-refractivity contribution in [2.75, 3.05) is 0 Å². The van der Waals surface area contributed by atoms with Gasteiger partial charge < -0.3 is 5.11 Å². The highest BCUT2D eigenvalue weighted by atomic mass is 28.3. The van der Waals surface area contributed by atoms with Crippen molar-refractivity contribution in [2.24, 2.45) is 0 Å². The number of aliphatic hydroxyl groups is 1. The second-order valence-corrected chi connectivity index (χ2v) is 9.77. The Bertz CT molecular complexity index is 612. The molecule has 0 radical (unpaired) electrons. The lowest BCUT2D eigenvalue weighted by atomic mass is 10.3. The smallest absolute Gasteiger partial charge is 0.178 e. The Labute approximate surface area is 132 Å². The van der Waals surface area contributed by atoms with Crippen LogP contribution in [0.5, 0.6) is 0 Å². The van der Waals surface area contributed by atoms with Crippen molar-refractivity contribution in [3.05, 3.63) is 91.0 Å². The number of hydrogen-bond acceptors (Lipinski definition) is 1. The Hall–Kier alpha value is -2.16. The Morgan fingerprint density at radius 1 is 0.591 bits per heavy atom. The molecule has 0 aromatic heterocycles. The maximum atomic E-state index is 10.9. The quantitative estimate of drug-likeness (QED) is 0.578. The molecule has 0 unspecified atom stereocenters. The van der Waals surface area contributed by atoms with Gasteiger partial charge in [-0.25, -0.2) is 0 Å². The fourth-order valence-electron chi connectivity index (χ4n) is 3.33. The van der Waals surface area contributed by atoms with E-state index in [1.54, 1.807) is 0 Å². The first-order valence-corrected chi connectivity index (χ1v) is 9.68. The maximum Gasteiger partial charge on any atom is 0.178 e. The summed E-state index contributed by atoms with van der Waals surface area (Å²) in [4.78, 5) is 0. The first kappa shape index (κ1) is 14.8.